The molecule has 3 atom stereocenters. The van der Waals surface area contributed by atoms with E-state index in [0.29, 0.717) is 0 Å². The number of guanidine groups is 1. The Balaban J connectivity index is 3.17. The summed E-state index contributed by atoms with van der Waals surface area (Å²) in [4.78, 5) is 42.3. The largest absolute Gasteiger partial charge is 0.465 e. The van der Waals surface area contributed by atoms with Gasteiger partial charge in [-0.3, -0.25) is 9.59 Å². The van der Waals surface area contributed by atoms with Crippen molar-refractivity contribution < 1.29 is 19.5 Å². The van der Waals surface area contributed by atoms with Gasteiger partial charge in [0.05, 0.1) is 6.04 Å². The van der Waals surface area contributed by atoms with Gasteiger partial charge in [0.15, 0.2) is 5.96 Å². The van der Waals surface area contributed by atoms with E-state index in [0.717, 1.165) is 4.90 Å². The van der Waals surface area contributed by atoms with E-state index in [4.69, 9.17) is 11.5 Å². The van der Waals surface area contributed by atoms with Crippen LogP contribution in [0.4, 0.5) is 4.79 Å². The minimum atomic E-state index is -1.13. The van der Waals surface area contributed by atoms with E-state index in [1.165, 1.54) is 11.8 Å². The van der Waals surface area contributed by atoms with Crippen molar-refractivity contribution in [2.24, 2.45) is 22.4 Å². The second-order valence-electron chi connectivity index (χ2n) is 6.19. The molecule has 0 aliphatic carbocycles. The highest BCUT2D eigenvalue weighted by molar-refractivity contribution is 5.87. The SMILES string of the molecule is CC(=O)NC(C(=O)N(C)C(C)C)[C@H]1CN(C(=O)O)C[C@@H]1N=C(N)N. The van der Waals surface area contributed by atoms with Crippen LogP contribution < -0.4 is 16.8 Å². The Hall–Kier alpha value is -2.52. The molecule has 24 heavy (non-hydrogen) atoms. The zero-order valence-corrected chi connectivity index (χ0v) is 14.4. The van der Waals surface area contributed by atoms with Crippen LogP contribution in [0.3, 0.4) is 0 Å². The van der Waals surface area contributed by atoms with Gasteiger partial charge < -0.3 is 31.7 Å². The first-order chi connectivity index (χ1) is 11.0. The number of likely N-dealkylation sites (N-methyl/N-ethyl adjacent to an activating group) is 1. The normalized spacial score (nSPS) is 21.3. The molecule has 10 heteroatoms. The molecule has 0 radical (unpaired) electrons. The number of carbonyl (C=O) groups excluding carboxylic acids is 2. The lowest BCUT2D eigenvalue weighted by molar-refractivity contribution is -0.137. The van der Waals surface area contributed by atoms with Gasteiger partial charge in [-0.15, -0.1) is 0 Å². The van der Waals surface area contributed by atoms with Gasteiger partial charge in [-0.25, -0.2) is 9.79 Å². The third kappa shape index (κ3) is 4.74. The first-order valence-corrected chi connectivity index (χ1v) is 7.65. The van der Waals surface area contributed by atoms with E-state index in [1.54, 1.807) is 7.05 Å². The van der Waals surface area contributed by atoms with Crippen molar-refractivity contribution in [2.45, 2.75) is 38.9 Å². The smallest absolute Gasteiger partial charge is 0.407 e. The fourth-order valence-electron chi connectivity index (χ4n) is 2.67. The molecule has 1 rings (SSSR count). The van der Waals surface area contributed by atoms with E-state index in [1.807, 2.05) is 13.8 Å². The van der Waals surface area contributed by atoms with Crippen LogP contribution in [-0.4, -0.2) is 77.0 Å². The van der Waals surface area contributed by atoms with E-state index in [-0.39, 0.29) is 36.9 Å². The molecule has 136 valence electrons. The van der Waals surface area contributed by atoms with Crippen LogP contribution >= 0.6 is 0 Å². The highest BCUT2D eigenvalue weighted by atomic mass is 16.4. The summed E-state index contributed by atoms with van der Waals surface area (Å²) in [5, 5.41) is 11.8. The lowest BCUT2D eigenvalue weighted by Crippen LogP contribution is -2.55. The van der Waals surface area contributed by atoms with Crippen LogP contribution in [-0.2, 0) is 9.59 Å². The molecule has 1 heterocycles. The van der Waals surface area contributed by atoms with Crippen LogP contribution in [0.5, 0.6) is 0 Å². The minimum absolute atomic E-state index is 0.0550. The summed E-state index contributed by atoms with van der Waals surface area (Å²) in [6, 6.07) is -1.59. The van der Waals surface area contributed by atoms with Gasteiger partial charge in [-0.1, -0.05) is 0 Å². The zero-order valence-electron chi connectivity index (χ0n) is 14.4. The number of carbonyl (C=O) groups is 3. The van der Waals surface area contributed by atoms with Gasteiger partial charge in [-0.2, -0.15) is 0 Å². The molecular formula is C14H26N6O4. The Morgan fingerprint density at radius 3 is 2.29 bits per heavy atom. The fraction of sp³-hybridized carbons (Fsp3) is 0.714. The Morgan fingerprint density at radius 1 is 1.29 bits per heavy atom. The number of carboxylic acid groups (broad SMARTS) is 1. The first kappa shape index (κ1) is 19.5. The fourth-order valence-corrected chi connectivity index (χ4v) is 2.67. The van der Waals surface area contributed by atoms with Gasteiger partial charge >= 0.3 is 6.09 Å². The predicted octanol–water partition coefficient (Wildman–Crippen LogP) is -1.39. The van der Waals surface area contributed by atoms with Crippen molar-refractivity contribution in [3.8, 4) is 0 Å². The Kier molecular flexibility index (Phi) is 6.38. The van der Waals surface area contributed by atoms with Gasteiger partial charge in [0.1, 0.15) is 6.04 Å². The topological polar surface area (TPSA) is 154 Å². The summed E-state index contributed by atoms with van der Waals surface area (Å²) < 4.78 is 0. The second kappa shape index (κ2) is 7.84. The number of hydrogen-bond acceptors (Lipinski definition) is 4. The van der Waals surface area contributed by atoms with Gasteiger partial charge in [-0.05, 0) is 13.8 Å². The highest BCUT2D eigenvalue weighted by Gasteiger charge is 2.44. The Morgan fingerprint density at radius 2 is 1.88 bits per heavy atom. The highest BCUT2D eigenvalue weighted by Crippen LogP contribution is 2.25. The summed E-state index contributed by atoms with van der Waals surface area (Å²) in [5.41, 5.74) is 10.8. The lowest BCUT2D eigenvalue weighted by atomic mass is 9.93. The van der Waals surface area contributed by atoms with Crippen molar-refractivity contribution in [1.82, 2.24) is 15.1 Å². The molecule has 0 aromatic heterocycles. The average Bonchev–Trinajstić information content (AvgIpc) is 2.86. The van der Waals surface area contributed by atoms with E-state index in [9.17, 15) is 19.5 Å². The van der Waals surface area contributed by atoms with Crippen LogP contribution in [0, 0.1) is 5.92 Å². The third-order valence-corrected chi connectivity index (χ3v) is 4.09. The van der Waals surface area contributed by atoms with Crippen molar-refractivity contribution in [1.29, 1.82) is 0 Å². The molecule has 0 aromatic rings. The molecule has 0 saturated carbocycles. The second-order valence-corrected chi connectivity index (χ2v) is 6.19. The van der Waals surface area contributed by atoms with Crippen LogP contribution in [0.1, 0.15) is 20.8 Å². The molecule has 6 N–H and O–H groups in total. The van der Waals surface area contributed by atoms with Crippen LogP contribution in [0.2, 0.25) is 0 Å². The van der Waals surface area contributed by atoms with E-state index in [2.05, 4.69) is 10.3 Å². The van der Waals surface area contributed by atoms with Crippen molar-refractivity contribution in [3.05, 3.63) is 0 Å². The maximum atomic E-state index is 12.7. The summed E-state index contributed by atoms with van der Waals surface area (Å²) in [5.74, 6) is -1.44. The zero-order chi connectivity index (χ0) is 18.6. The maximum absolute atomic E-state index is 12.7. The number of nitrogens with one attached hydrogen (secondary N) is 1. The number of likely N-dealkylation sites (tertiary alicyclic amines) is 1. The van der Waals surface area contributed by atoms with Crippen LogP contribution in [0.15, 0.2) is 4.99 Å². The van der Waals surface area contributed by atoms with Crippen molar-refractivity contribution in [2.75, 3.05) is 20.1 Å². The Labute approximate surface area is 140 Å². The number of aliphatic imine (C=N–C) groups is 1. The number of amides is 3. The quantitative estimate of drug-likeness (QED) is 0.356. The Bertz CT molecular complexity index is 531. The van der Waals surface area contributed by atoms with Crippen LogP contribution in [0.25, 0.3) is 0 Å². The number of nitrogens with zero attached hydrogens (tertiary/aromatic N) is 3. The van der Waals surface area contributed by atoms with Gasteiger partial charge in [0.2, 0.25) is 11.8 Å². The predicted molar refractivity (Wildman–Crippen MR) is 88.2 cm³/mol. The molecule has 10 nitrogen and oxygen atoms in total. The number of hydrogen-bond donors (Lipinski definition) is 4. The summed E-state index contributed by atoms with van der Waals surface area (Å²) >= 11 is 0. The molecule has 3 amide bonds. The van der Waals surface area contributed by atoms with Gasteiger partial charge in [0.25, 0.3) is 0 Å². The molecule has 0 aromatic carbocycles. The van der Waals surface area contributed by atoms with E-state index >= 15 is 0 Å². The summed E-state index contributed by atoms with van der Waals surface area (Å²) in [6.07, 6.45) is -1.13. The molecule has 1 aliphatic rings. The van der Waals surface area contributed by atoms with Crippen molar-refractivity contribution in [3.63, 3.8) is 0 Å². The molecule has 1 unspecified atom stereocenters. The summed E-state index contributed by atoms with van der Waals surface area (Å²) in [7, 11) is 1.63. The minimum Gasteiger partial charge on any atom is -0.465 e. The van der Waals surface area contributed by atoms with E-state index < -0.39 is 24.1 Å². The lowest BCUT2D eigenvalue weighted by Gasteiger charge is -2.31. The molecule has 0 bridgehead atoms. The molecule has 0 spiro atoms. The maximum Gasteiger partial charge on any atom is 0.407 e. The van der Waals surface area contributed by atoms with Gasteiger partial charge in [0, 0.05) is 39.0 Å². The first-order valence-electron chi connectivity index (χ1n) is 7.65. The average molecular weight is 342 g/mol. The third-order valence-electron chi connectivity index (χ3n) is 4.09. The molecular weight excluding hydrogens is 316 g/mol. The molecule has 1 aliphatic heterocycles. The van der Waals surface area contributed by atoms with Crippen molar-refractivity contribution >= 4 is 23.9 Å². The summed E-state index contributed by atoms with van der Waals surface area (Å²) in [6.45, 7) is 5.10. The monoisotopic (exact) mass is 342 g/mol. The standard InChI is InChI=1S/C14H26N6O4/c1-7(2)19(4)12(22)11(17-8(3)21)9-5-20(14(23)24)6-10(9)18-13(15)16/h7,9-11H,5-6H2,1-4H3,(H,17,21)(H,23,24)(H4,15,16,18)/t9-,10-,11?/m0/s1. The number of nitrogens with two attached hydrogens (primary N) is 2. The molecule has 1 saturated heterocycles. The number of rotatable bonds is 5. The molecule has 1 fully saturated rings.